The zero-order valence-corrected chi connectivity index (χ0v) is 14.4. The lowest BCUT2D eigenvalue weighted by molar-refractivity contribution is 0.289. The summed E-state index contributed by atoms with van der Waals surface area (Å²) in [5.41, 5.74) is 1.41. The minimum Gasteiger partial charge on any atom is -0.306 e. The van der Waals surface area contributed by atoms with Crippen LogP contribution >= 0.6 is 11.3 Å². The third-order valence-electron chi connectivity index (χ3n) is 4.81. The highest BCUT2D eigenvalue weighted by molar-refractivity contribution is 7.09. The van der Waals surface area contributed by atoms with Crippen LogP contribution in [0.25, 0.3) is 0 Å². The van der Waals surface area contributed by atoms with E-state index in [9.17, 15) is 0 Å². The zero-order chi connectivity index (χ0) is 14.6. The van der Waals surface area contributed by atoms with Crippen molar-refractivity contribution < 1.29 is 0 Å². The van der Waals surface area contributed by atoms with Gasteiger partial charge in [0.2, 0.25) is 0 Å². The van der Waals surface area contributed by atoms with Crippen molar-refractivity contribution in [2.75, 3.05) is 6.54 Å². The van der Waals surface area contributed by atoms with Crippen LogP contribution in [0.4, 0.5) is 0 Å². The number of rotatable bonds is 5. The van der Waals surface area contributed by atoms with Crippen molar-refractivity contribution >= 4 is 11.3 Å². The highest BCUT2D eigenvalue weighted by Crippen LogP contribution is 2.40. The normalized spacial score (nSPS) is 27.8. The predicted octanol–water partition coefficient (Wildman–Crippen LogP) is 5.06. The van der Waals surface area contributed by atoms with Gasteiger partial charge < -0.3 is 5.32 Å². The molecular weight excluding hydrogens is 264 g/mol. The third kappa shape index (κ3) is 3.43. The fourth-order valence-corrected chi connectivity index (χ4v) is 4.61. The van der Waals surface area contributed by atoms with Gasteiger partial charge in [-0.1, -0.05) is 47.0 Å². The number of nitrogens with zero attached hydrogens (tertiary/aromatic N) is 1. The first-order valence-electron chi connectivity index (χ1n) is 8.32. The average Bonchev–Trinajstić information content (AvgIpc) is 2.84. The summed E-state index contributed by atoms with van der Waals surface area (Å²) in [6.07, 6.45) is 7.92. The Morgan fingerprint density at radius 2 is 2.15 bits per heavy atom. The van der Waals surface area contributed by atoms with Crippen molar-refractivity contribution in [1.29, 1.82) is 0 Å². The second kappa shape index (κ2) is 7.04. The van der Waals surface area contributed by atoms with Gasteiger partial charge in [0, 0.05) is 5.38 Å². The van der Waals surface area contributed by atoms with Crippen molar-refractivity contribution in [2.24, 2.45) is 5.92 Å². The zero-order valence-electron chi connectivity index (χ0n) is 13.5. The molecular formula is C17H30N2S. The smallest absolute Gasteiger partial charge is 0.113 e. The molecule has 1 aromatic heterocycles. The topological polar surface area (TPSA) is 24.9 Å². The first-order valence-corrected chi connectivity index (χ1v) is 9.20. The first kappa shape index (κ1) is 16.0. The lowest BCUT2D eigenvalue weighted by Gasteiger charge is -2.32. The molecule has 3 heteroatoms. The highest BCUT2D eigenvalue weighted by Gasteiger charge is 2.36. The van der Waals surface area contributed by atoms with Gasteiger partial charge in [0.15, 0.2) is 0 Å². The van der Waals surface area contributed by atoms with Gasteiger partial charge in [0.1, 0.15) is 5.01 Å². The molecule has 0 saturated heterocycles. The second-order valence-electron chi connectivity index (χ2n) is 6.55. The minimum absolute atomic E-state index is 0.149. The van der Waals surface area contributed by atoms with Crippen LogP contribution in [0.3, 0.4) is 0 Å². The Bertz CT molecular complexity index is 413. The number of thiazole rings is 1. The Labute approximate surface area is 128 Å². The van der Waals surface area contributed by atoms with Gasteiger partial charge in [-0.3, -0.25) is 0 Å². The molecule has 1 fully saturated rings. The molecule has 1 aliphatic rings. The molecule has 2 unspecified atom stereocenters. The Morgan fingerprint density at radius 3 is 2.75 bits per heavy atom. The second-order valence-corrected chi connectivity index (χ2v) is 7.41. The third-order valence-corrected chi connectivity index (χ3v) is 5.88. The summed E-state index contributed by atoms with van der Waals surface area (Å²) in [4.78, 5) is 4.97. The van der Waals surface area contributed by atoms with Gasteiger partial charge in [0.25, 0.3) is 0 Å². The van der Waals surface area contributed by atoms with Crippen LogP contribution < -0.4 is 5.32 Å². The van der Waals surface area contributed by atoms with Crippen LogP contribution in [-0.2, 0) is 5.54 Å². The van der Waals surface area contributed by atoms with E-state index < -0.39 is 0 Å². The van der Waals surface area contributed by atoms with Crippen molar-refractivity contribution in [1.82, 2.24) is 10.3 Å². The highest BCUT2D eigenvalue weighted by atomic mass is 32.1. The van der Waals surface area contributed by atoms with Crippen molar-refractivity contribution in [3.05, 3.63) is 16.1 Å². The van der Waals surface area contributed by atoms with Gasteiger partial charge in [-0.25, -0.2) is 4.98 Å². The molecule has 0 aromatic carbocycles. The maximum Gasteiger partial charge on any atom is 0.113 e. The summed E-state index contributed by atoms with van der Waals surface area (Å²) in [5, 5.41) is 7.40. The van der Waals surface area contributed by atoms with E-state index in [0.29, 0.717) is 5.92 Å². The Kier molecular flexibility index (Phi) is 5.62. The maximum atomic E-state index is 4.97. The van der Waals surface area contributed by atoms with Gasteiger partial charge in [0.05, 0.1) is 11.2 Å². The molecule has 1 aliphatic carbocycles. The van der Waals surface area contributed by atoms with E-state index in [4.69, 9.17) is 4.98 Å². The summed E-state index contributed by atoms with van der Waals surface area (Å²) in [6, 6.07) is 0. The quantitative estimate of drug-likeness (QED) is 0.768. The van der Waals surface area contributed by atoms with Gasteiger partial charge in [-0.2, -0.15) is 0 Å². The molecule has 2 nitrogen and oxygen atoms in total. The van der Waals surface area contributed by atoms with Crippen LogP contribution in [0.5, 0.6) is 0 Å². The van der Waals surface area contributed by atoms with E-state index >= 15 is 0 Å². The van der Waals surface area contributed by atoms with Crippen LogP contribution in [0, 0.1) is 5.92 Å². The fraction of sp³-hybridized carbons (Fsp3) is 0.824. The van der Waals surface area contributed by atoms with Crippen LogP contribution in [0.15, 0.2) is 5.38 Å². The van der Waals surface area contributed by atoms with Gasteiger partial charge in [-0.05, 0) is 37.6 Å². The molecule has 0 amide bonds. The number of hydrogen-bond donors (Lipinski definition) is 1. The average molecular weight is 295 g/mol. The fourth-order valence-electron chi connectivity index (χ4n) is 3.40. The largest absolute Gasteiger partial charge is 0.306 e. The molecule has 1 saturated carbocycles. The van der Waals surface area contributed by atoms with Crippen molar-refractivity contribution in [3.63, 3.8) is 0 Å². The molecule has 0 aliphatic heterocycles. The summed E-state index contributed by atoms with van der Waals surface area (Å²) in [7, 11) is 0. The molecule has 1 N–H and O–H groups in total. The molecule has 1 aromatic rings. The van der Waals surface area contributed by atoms with Crippen LogP contribution in [-0.4, -0.2) is 11.5 Å². The maximum absolute atomic E-state index is 4.97. The van der Waals surface area contributed by atoms with E-state index in [1.165, 1.54) is 49.2 Å². The first-order chi connectivity index (χ1) is 9.61. The molecule has 2 rings (SSSR count). The van der Waals surface area contributed by atoms with Crippen LogP contribution in [0.1, 0.15) is 82.8 Å². The number of nitrogens with one attached hydrogen (secondary N) is 1. The molecule has 0 spiro atoms. The van der Waals surface area contributed by atoms with Crippen molar-refractivity contribution in [2.45, 2.75) is 77.7 Å². The Balaban J connectivity index is 2.23. The van der Waals surface area contributed by atoms with Crippen LogP contribution in [0.2, 0.25) is 0 Å². The Hall–Kier alpha value is -0.410. The van der Waals surface area contributed by atoms with Crippen molar-refractivity contribution in [3.8, 4) is 0 Å². The predicted molar refractivity (Wildman–Crippen MR) is 88.4 cm³/mol. The lowest BCUT2D eigenvalue weighted by atomic mass is 9.89. The minimum atomic E-state index is 0.149. The van der Waals surface area contributed by atoms with E-state index in [1.54, 1.807) is 0 Å². The molecule has 0 radical (unpaired) electrons. The van der Waals surface area contributed by atoms with Gasteiger partial charge in [-0.15, -0.1) is 11.3 Å². The summed E-state index contributed by atoms with van der Waals surface area (Å²) in [5.74, 6) is 1.45. The molecule has 2 atom stereocenters. The molecule has 20 heavy (non-hydrogen) atoms. The summed E-state index contributed by atoms with van der Waals surface area (Å²) < 4.78 is 0. The molecule has 0 bridgehead atoms. The standard InChI is InChI=1S/C17H30N2S/c1-5-14-8-7-10-17(11-9-14,18-6-2)16-19-15(12-20-16)13(3)4/h12-14,18H,5-11H2,1-4H3. The van der Waals surface area contributed by atoms with E-state index in [-0.39, 0.29) is 5.54 Å². The Morgan fingerprint density at radius 1 is 1.35 bits per heavy atom. The van der Waals surface area contributed by atoms with E-state index in [1.807, 2.05) is 11.3 Å². The lowest BCUT2D eigenvalue weighted by Crippen LogP contribution is -2.42. The SMILES string of the molecule is CCNC1(c2nc(C(C)C)cs2)CCCC(CC)CC1. The monoisotopic (exact) mass is 294 g/mol. The summed E-state index contributed by atoms with van der Waals surface area (Å²) >= 11 is 1.87. The number of hydrogen-bond acceptors (Lipinski definition) is 3. The number of aromatic nitrogens is 1. The van der Waals surface area contributed by atoms with E-state index in [0.717, 1.165) is 12.5 Å². The summed E-state index contributed by atoms with van der Waals surface area (Å²) in [6.45, 7) is 10.1. The molecule has 114 valence electrons. The molecule has 1 heterocycles. The van der Waals surface area contributed by atoms with E-state index in [2.05, 4.69) is 38.4 Å². The van der Waals surface area contributed by atoms with Gasteiger partial charge >= 0.3 is 0 Å².